The summed E-state index contributed by atoms with van der Waals surface area (Å²) < 4.78 is 6.07. The number of amides is 1. The fraction of sp³-hybridized carbons (Fsp3) is 0.500. The highest BCUT2D eigenvalue weighted by molar-refractivity contribution is 9.10. The first-order chi connectivity index (χ1) is 8.37. The van der Waals surface area contributed by atoms with E-state index in [1.54, 1.807) is 6.20 Å². The average Bonchev–Trinajstić information content (AvgIpc) is 2.22. The number of rotatable bonds is 4. The van der Waals surface area contributed by atoms with Crippen molar-refractivity contribution in [3.8, 4) is 0 Å². The van der Waals surface area contributed by atoms with E-state index < -0.39 is 11.7 Å². The smallest absolute Gasteiger partial charge is 0.407 e. The summed E-state index contributed by atoms with van der Waals surface area (Å²) in [6, 6.07) is 3.72. The molecule has 0 saturated carbocycles. The number of ether oxygens (including phenoxy) is 1. The Morgan fingerprint density at radius 3 is 2.78 bits per heavy atom. The molecule has 1 rings (SSSR count). The molecule has 6 heteroatoms. The molecule has 1 heterocycles. The van der Waals surface area contributed by atoms with Crippen LogP contribution < -0.4 is 10.6 Å². The zero-order valence-electron chi connectivity index (χ0n) is 10.8. The van der Waals surface area contributed by atoms with Gasteiger partial charge in [0.05, 0.1) is 0 Å². The number of anilines is 1. The van der Waals surface area contributed by atoms with E-state index in [2.05, 4.69) is 31.5 Å². The molecule has 1 amide bonds. The molecule has 0 radical (unpaired) electrons. The van der Waals surface area contributed by atoms with Crippen LogP contribution >= 0.6 is 15.9 Å². The van der Waals surface area contributed by atoms with Gasteiger partial charge in [0.15, 0.2) is 0 Å². The van der Waals surface area contributed by atoms with Gasteiger partial charge < -0.3 is 15.4 Å². The Morgan fingerprint density at radius 1 is 1.44 bits per heavy atom. The van der Waals surface area contributed by atoms with Crippen LogP contribution in [0, 0.1) is 0 Å². The minimum Gasteiger partial charge on any atom is -0.444 e. The lowest BCUT2D eigenvalue weighted by molar-refractivity contribution is 0.0530. The normalized spacial score (nSPS) is 10.9. The number of hydrogen-bond acceptors (Lipinski definition) is 4. The van der Waals surface area contributed by atoms with Crippen molar-refractivity contribution in [2.24, 2.45) is 0 Å². The highest BCUT2D eigenvalue weighted by Gasteiger charge is 2.15. The molecule has 0 spiro atoms. The van der Waals surface area contributed by atoms with Gasteiger partial charge in [-0.3, -0.25) is 0 Å². The van der Waals surface area contributed by atoms with Gasteiger partial charge in [-0.1, -0.05) is 15.9 Å². The number of nitrogens with zero attached hydrogens (tertiary/aromatic N) is 1. The van der Waals surface area contributed by atoms with Crippen molar-refractivity contribution in [1.29, 1.82) is 0 Å². The molecule has 0 unspecified atom stereocenters. The fourth-order valence-electron chi connectivity index (χ4n) is 1.17. The van der Waals surface area contributed by atoms with Gasteiger partial charge in [0.2, 0.25) is 0 Å². The molecule has 1 aromatic rings. The molecule has 0 aliphatic carbocycles. The topological polar surface area (TPSA) is 63.2 Å². The van der Waals surface area contributed by atoms with Gasteiger partial charge in [-0.15, -0.1) is 0 Å². The molecule has 0 bridgehead atoms. The molecule has 0 aromatic carbocycles. The van der Waals surface area contributed by atoms with E-state index >= 15 is 0 Å². The van der Waals surface area contributed by atoms with Crippen molar-refractivity contribution in [1.82, 2.24) is 10.3 Å². The van der Waals surface area contributed by atoms with Crippen molar-refractivity contribution in [2.45, 2.75) is 26.4 Å². The zero-order chi connectivity index (χ0) is 13.6. The second-order valence-electron chi connectivity index (χ2n) is 4.71. The summed E-state index contributed by atoms with van der Waals surface area (Å²) in [4.78, 5) is 15.5. The van der Waals surface area contributed by atoms with E-state index in [0.29, 0.717) is 13.1 Å². The molecular weight excluding hydrogens is 298 g/mol. The standard InChI is InChI=1S/C12H18BrN3O2/c1-12(2,3)18-11(17)16-7-6-15-10-8-9(13)4-5-14-10/h4-5,8H,6-7H2,1-3H3,(H,14,15)(H,16,17). The average molecular weight is 316 g/mol. The second kappa shape index (κ2) is 6.58. The maximum atomic E-state index is 11.3. The quantitative estimate of drug-likeness (QED) is 0.839. The Hall–Kier alpha value is -1.30. The molecular formula is C12H18BrN3O2. The number of carbonyl (C=O) groups excluding carboxylic acids is 1. The summed E-state index contributed by atoms with van der Waals surface area (Å²) in [6.07, 6.45) is 1.29. The monoisotopic (exact) mass is 315 g/mol. The van der Waals surface area contributed by atoms with Gasteiger partial charge in [-0.25, -0.2) is 9.78 Å². The van der Waals surface area contributed by atoms with Crippen molar-refractivity contribution >= 4 is 27.8 Å². The molecule has 0 atom stereocenters. The summed E-state index contributed by atoms with van der Waals surface area (Å²) in [5, 5.41) is 5.75. The third-order valence-corrected chi connectivity index (χ3v) is 2.31. The van der Waals surface area contributed by atoms with Crippen LogP contribution in [-0.4, -0.2) is 29.8 Å². The minimum absolute atomic E-state index is 0.411. The Bertz CT molecular complexity index is 405. The molecule has 1 aromatic heterocycles. The van der Waals surface area contributed by atoms with Crippen molar-refractivity contribution < 1.29 is 9.53 Å². The number of hydrogen-bond donors (Lipinski definition) is 2. The molecule has 100 valence electrons. The predicted octanol–water partition coefficient (Wildman–Crippen LogP) is 2.78. The predicted molar refractivity (Wildman–Crippen MR) is 74.7 cm³/mol. The van der Waals surface area contributed by atoms with Crippen LogP contribution in [0.3, 0.4) is 0 Å². The lowest BCUT2D eigenvalue weighted by Crippen LogP contribution is -2.35. The van der Waals surface area contributed by atoms with Crippen LogP contribution in [-0.2, 0) is 4.74 Å². The van der Waals surface area contributed by atoms with Gasteiger partial charge in [0.1, 0.15) is 11.4 Å². The Kier molecular flexibility index (Phi) is 5.40. The van der Waals surface area contributed by atoms with Gasteiger partial charge in [-0.05, 0) is 32.9 Å². The van der Waals surface area contributed by atoms with Gasteiger partial charge >= 0.3 is 6.09 Å². The summed E-state index contributed by atoms with van der Waals surface area (Å²) in [5.41, 5.74) is -0.469. The third-order valence-electron chi connectivity index (χ3n) is 1.82. The molecule has 0 aliphatic heterocycles. The van der Waals surface area contributed by atoms with Crippen LogP contribution in [0.2, 0.25) is 0 Å². The maximum absolute atomic E-state index is 11.3. The Labute approximate surface area is 115 Å². The fourth-order valence-corrected chi connectivity index (χ4v) is 1.51. The number of alkyl carbamates (subject to hydrolysis) is 1. The van der Waals surface area contributed by atoms with Crippen molar-refractivity contribution in [3.63, 3.8) is 0 Å². The summed E-state index contributed by atoms with van der Waals surface area (Å²) in [6.45, 7) is 6.55. The molecule has 2 N–H and O–H groups in total. The first-order valence-electron chi connectivity index (χ1n) is 5.69. The third kappa shape index (κ3) is 6.44. The van der Waals surface area contributed by atoms with E-state index in [-0.39, 0.29) is 0 Å². The molecule has 18 heavy (non-hydrogen) atoms. The number of pyridine rings is 1. The number of nitrogens with one attached hydrogen (secondary N) is 2. The summed E-state index contributed by atoms with van der Waals surface area (Å²) >= 11 is 3.36. The molecule has 0 aliphatic rings. The highest BCUT2D eigenvalue weighted by Crippen LogP contribution is 2.12. The summed E-state index contributed by atoms with van der Waals surface area (Å²) in [7, 11) is 0. The van der Waals surface area contributed by atoms with Crippen LogP contribution in [0.5, 0.6) is 0 Å². The first kappa shape index (κ1) is 14.8. The lowest BCUT2D eigenvalue weighted by atomic mass is 10.2. The molecule has 0 fully saturated rings. The Balaban J connectivity index is 2.21. The highest BCUT2D eigenvalue weighted by atomic mass is 79.9. The number of carbonyl (C=O) groups is 1. The van der Waals surface area contributed by atoms with Crippen LogP contribution in [0.4, 0.5) is 10.6 Å². The van der Waals surface area contributed by atoms with Crippen molar-refractivity contribution in [2.75, 3.05) is 18.4 Å². The molecule has 5 nitrogen and oxygen atoms in total. The van der Waals surface area contributed by atoms with Gasteiger partial charge in [0, 0.05) is 23.8 Å². The second-order valence-corrected chi connectivity index (χ2v) is 5.63. The van der Waals surface area contributed by atoms with Gasteiger partial charge in [0.25, 0.3) is 0 Å². The van der Waals surface area contributed by atoms with E-state index in [1.165, 1.54) is 0 Å². The maximum Gasteiger partial charge on any atom is 0.407 e. The van der Waals surface area contributed by atoms with Crippen LogP contribution in [0.25, 0.3) is 0 Å². The molecule has 0 saturated heterocycles. The lowest BCUT2D eigenvalue weighted by Gasteiger charge is -2.19. The van der Waals surface area contributed by atoms with E-state index in [0.717, 1.165) is 10.3 Å². The Morgan fingerprint density at radius 2 is 2.17 bits per heavy atom. The van der Waals surface area contributed by atoms with Crippen LogP contribution in [0.15, 0.2) is 22.8 Å². The van der Waals surface area contributed by atoms with E-state index in [4.69, 9.17) is 4.74 Å². The number of aromatic nitrogens is 1. The van der Waals surface area contributed by atoms with E-state index in [1.807, 2.05) is 32.9 Å². The first-order valence-corrected chi connectivity index (χ1v) is 6.48. The number of halogens is 1. The van der Waals surface area contributed by atoms with Gasteiger partial charge in [-0.2, -0.15) is 0 Å². The largest absolute Gasteiger partial charge is 0.444 e. The van der Waals surface area contributed by atoms with Crippen LogP contribution in [0.1, 0.15) is 20.8 Å². The van der Waals surface area contributed by atoms with Crippen molar-refractivity contribution in [3.05, 3.63) is 22.8 Å². The SMILES string of the molecule is CC(C)(C)OC(=O)NCCNc1cc(Br)ccn1. The summed E-state index contributed by atoms with van der Waals surface area (Å²) in [5.74, 6) is 0.760. The minimum atomic E-state index is -0.469. The van der Waals surface area contributed by atoms with E-state index in [9.17, 15) is 4.79 Å². The zero-order valence-corrected chi connectivity index (χ0v) is 12.4.